The fraction of sp³-hybridized carbons (Fsp3) is 0.154. The lowest BCUT2D eigenvalue weighted by Crippen LogP contribution is -2.34. The van der Waals surface area contributed by atoms with Gasteiger partial charge < -0.3 is 14.6 Å². The van der Waals surface area contributed by atoms with Crippen LogP contribution >= 0.6 is 0 Å². The Morgan fingerprint density at radius 1 is 0.742 bits per heavy atom. The van der Waals surface area contributed by atoms with Crippen molar-refractivity contribution in [2.75, 3.05) is 20.0 Å². The van der Waals surface area contributed by atoms with Crippen LogP contribution in [-0.4, -0.2) is 29.3 Å². The topological polar surface area (TPSA) is 55.8 Å². The van der Waals surface area contributed by atoms with E-state index in [1.165, 1.54) is 0 Å². The summed E-state index contributed by atoms with van der Waals surface area (Å²) < 4.78 is 24.1. The van der Waals surface area contributed by atoms with E-state index in [0.29, 0.717) is 27.5 Å². The Labute approximate surface area is 184 Å². The molecule has 4 aromatic rings. The number of fused-ring (bicyclic) bond motifs is 1. The van der Waals surface area contributed by atoms with Gasteiger partial charge in [-0.25, -0.2) is 0 Å². The van der Waals surface area contributed by atoms with E-state index in [9.17, 15) is 9.32 Å². The van der Waals surface area contributed by atoms with Crippen LogP contribution in [0.5, 0.6) is 11.5 Å². The molecule has 0 aliphatic carbocycles. The van der Waals surface area contributed by atoms with Gasteiger partial charge in [0.15, 0.2) is 0 Å². The van der Waals surface area contributed by atoms with E-state index in [0.717, 1.165) is 10.8 Å². The average molecular weight is 433 g/mol. The van der Waals surface area contributed by atoms with Crippen molar-refractivity contribution >= 4 is 21.6 Å². The number of aliphatic hydroxyl groups is 1. The second kappa shape index (κ2) is 8.92. The van der Waals surface area contributed by atoms with Gasteiger partial charge in [-0.3, -0.25) is 4.21 Å². The Morgan fingerprint density at radius 3 is 1.81 bits per heavy atom. The molecule has 1 N–H and O–H groups in total. The molecule has 1 unspecified atom stereocenters. The van der Waals surface area contributed by atoms with E-state index < -0.39 is 16.4 Å². The largest absolute Gasteiger partial charge is 0.497 e. The summed E-state index contributed by atoms with van der Waals surface area (Å²) in [5.41, 5.74) is -0.167. The van der Waals surface area contributed by atoms with Crippen LogP contribution in [-0.2, 0) is 16.4 Å². The average Bonchev–Trinajstić information content (AvgIpc) is 2.83. The quantitative estimate of drug-likeness (QED) is 0.451. The molecule has 158 valence electrons. The molecule has 0 fully saturated rings. The van der Waals surface area contributed by atoms with Crippen molar-refractivity contribution in [2.45, 2.75) is 10.5 Å². The zero-order chi connectivity index (χ0) is 21.8. The van der Waals surface area contributed by atoms with Crippen molar-refractivity contribution in [1.29, 1.82) is 0 Å². The van der Waals surface area contributed by atoms with Crippen molar-refractivity contribution in [3.63, 3.8) is 0 Å². The van der Waals surface area contributed by atoms with Crippen LogP contribution in [0.2, 0.25) is 0 Å². The molecule has 0 radical (unpaired) electrons. The molecule has 0 heterocycles. The van der Waals surface area contributed by atoms with Gasteiger partial charge in [-0.2, -0.15) is 0 Å². The molecule has 0 saturated heterocycles. The maximum Gasteiger partial charge on any atom is 0.126 e. The first-order chi connectivity index (χ1) is 15.0. The highest BCUT2D eigenvalue weighted by Gasteiger charge is 2.34. The summed E-state index contributed by atoms with van der Waals surface area (Å²) in [6, 6.07) is 28.0. The van der Waals surface area contributed by atoms with Crippen LogP contribution in [0.4, 0.5) is 0 Å². The third kappa shape index (κ3) is 4.20. The molecule has 0 bridgehead atoms. The Hall–Kier alpha value is -3.15. The van der Waals surface area contributed by atoms with Gasteiger partial charge in [0.25, 0.3) is 0 Å². The van der Waals surface area contributed by atoms with Crippen molar-refractivity contribution in [3.05, 3.63) is 102 Å². The van der Waals surface area contributed by atoms with E-state index in [2.05, 4.69) is 0 Å². The van der Waals surface area contributed by atoms with Gasteiger partial charge >= 0.3 is 0 Å². The maximum absolute atomic E-state index is 13.6. The predicted octanol–water partition coefficient (Wildman–Crippen LogP) is 4.90. The molecule has 0 saturated carbocycles. The minimum atomic E-state index is -1.46. The van der Waals surface area contributed by atoms with Gasteiger partial charge in [0.2, 0.25) is 0 Å². The van der Waals surface area contributed by atoms with Gasteiger partial charge in [-0.05, 0) is 52.2 Å². The monoisotopic (exact) mass is 432 g/mol. The van der Waals surface area contributed by atoms with Gasteiger partial charge in [0.1, 0.15) is 17.1 Å². The minimum absolute atomic E-state index is 0.0136. The highest BCUT2D eigenvalue weighted by atomic mass is 32.2. The number of hydrogen-bond donors (Lipinski definition) is 1. The van der Waals surface area contributed by atoms with Crippen LogP contribution in [0.1, 0.15) is 11.1 Å². The van der Waals surface area contributed by atoms with Gasteiger partial charge in [0.05, 0.1) is 30.8 Å². The smallest absolute Gasteiger partial charge is 0.126 e. The highest BCUT2D eigenvalue weighted by molar-refractivity contribution is 7.85. The second-order valence-electron chi connectivity index (χ2n) is 7.28. The normalized spacial score (nSPS) is 12.5. The SMILES string of the molecule is COc1ccc(C(O)(CS(=O)c2cccc3ccccc23)c2ccc(OC)cc2)cc1. The van der Waals surface area contributed by atoms with Crippen LogP contribution in [0.15, 0.2) is 95.9 Å². The maximum atomic E-state index is 13.6. The Balaban J connectivity index is 1.78. The molecule has 31 heavy (non-hydrogen) atoms. The zero-order valence-electron chi connectivity index (χ0n) is 17.4. The number of benzene rings is 4. The summed E-state index contributed by atoms with van der Waals surface area (Å²) >= 11 is 0. The van der Waals surface area contributed by atoms with Crippen molar-refractivity contribution in [1.82, 2.24) is 0 Å². The fourth-order valence-corrected chi connectivity index (χ4v) is 5.26. The molecule has 0 amide bonds. The zero-order valence-corrected chi connectivity index (χ0v) is 18.3. The van der Waals surface area contributed by atoms with E-state index >= 15 is 0 Å². The molecule has 4 aromatic carbocycles. The summed E-state index contributed by atoms with van der Waals surface area (Å²) in [6.07, 6.45) is 0. The number of hydrogen-bond acceptors (Lipinski definition) is 4. The summed E-state index contributed by atoms with van der Waals surface area (Å²) in [6.45, 7) is 0. The van der Waals surface area contributed by atoms with Crippen LogP contribution < -0.4 is 9.47 Å². The Bertz CT molecular complexity index is 1150. The molecule has 0 aliphatic heterocycles. The van der Waals surface area contributed by atoms with Crippen LogP contribution in [0.3, 0.4) is 0 Å². The van der Waals surface area contributed by atoms with E-state index in [-0.39, 0.29) is 5.75 Å². The number of rotatable bonds is 7. The van der Waals surface area contributed by atoms with Crippen molar-refractivity contribution < 1.29 is 18.8 Å². The molecular formula is C26H24O4S. The van der Waals surface area contributed by atoms with Crippen LogP contribution in [0, 0.1) is 0 Å². The van der Waals surface area contributed by atoms with E-state index in [1.807, 2.05) is 66.7 Å². The van der Waals surface area contributed by atoms with Gasteiger partial charge in [0, 0.05) is 4.90 Å². The Morgan fingerprint density at radius 2 is 1.26 bits per heavy atom. The van der Waals surface area contributed by atoms with E-state index in [4.69, 9.17) is 9.47 Å². The van der Waals surface area contributed by atoms with Gasteiger partial charge in [-0.1, -0.05) is 60.7 Å². The third-order valence-electron chi connectivity index (χ3n) is 5.47. The third-order valence-corrected chi connectivity index (χ3v) is 7.00. The van der Waals surface area contributed by atoms with Crippen molar-refractivity contribution in [2.24, 2.45) is 0 Å². The summed E-state index contributed by atoms with van der Waals surface area (Å²) in [5.74, 6) is 1.40. The first-order valence-corrected chi connectivity index (χ1v) is 11.2. The molecular weight excluding hydrogens is 408 g/mol. The molecule has 4 rings (SSSR count). The lowest BCUT2D eigenvalue weighted by Gasteiger charge is -2.29. The summed E-state index contributed by atoms with van der Waals surface area (Å²) in [5, 5.41) is 13.9. The minimum Gasteiger partial charge on any atom is -0.497 e. The molecule has 0 spiro atoms. The first-order valence-electron chi connectivity index (χ1n) is 9.93. The summed E-state index contributed by atoms with van der Waals surface area (Å²) in [4.78, 5) is 0.707. The second-order valence-corrected chi connectivity index (χ2v) is 8.70. The predicted molar refractivity (Wildman–Crippen MR) is 124 cm³/mol. The first kappa shape index (κ1) is 21.1. The van der Waals surface area contributed by atoms with Crippen molar-refractivity contribution in [3.8, 4) is 11.5 Å². The fourth-order valence-electron chi connectivity index (χ4n) is 3.73. The molecule has 0 aromatic heterocycles. The number of ether oxygens (including phenoxy) is 2. The molecule has 5 heteroatoms. The lowest BCUT2D eigenvalue weighted by molar-refractivity contribution is 0.106. The highest BCUT2D eigenvalue weighted by Crippen LogP contribution is 2.35. The Kier molecular flexibility index (Phi) is 6.07. The lowest BCUT2D eigenvalue weighted by atomic mass is 9.88. The molecule has 0 aliphatic rings. The van der Waals surface area contributed by atoms with E-state index in [1.54, 1.807) is 38.5 Å². The van der Waals surface area contributed by atoms with Crippen LogP contribution in [0.25, 0.3) is 10.8 Å². The standard InChI is InChI=1S/C26H24O4S/c1-29-22-14-10-20(11-15-22)26(27,21-12-16-23(30-2)17-13-21)18-31(28)25-9-5-7-19-6-3-4-8-24(19)25/h3-17,27H,18H2,1-2H3. The molecule has 1 atom stereocenters. The molecule has 4 nitrogen and oxygen atoms in total. The number of methoxy groups -OCH3 is 2. The van der Waals surface area contributed by atoms with Gasteiger partial charge in [-0.15, -0.1) is 0 Å². The summed E-state index contributed by atoms with van der Waals surface area (Å²) in [7, 11) is 1.74.